The van der Waals surface area contributed by atoms with Gasteiger partial charge in [-0.2, -0.15) is 0 Å². The van der Waals surface area contributed by atoms with Gasteiger partial charge >= 0.3 is 0 Å². The summed E-state index contributed by atoms with van der Waals surface area (Å²) in [6.07, 6.45) is 7.77. The largest absolute Gasteiger partial charge is 0.378 e. The average molecular weight is 289 g/mol. The van der Waals surface area contributed by atoms with E-state index in [2.05, 4.69) is 44.3 Å². The van der Waals surface area contributed by atoms with Gasteiger partial charge in [0, 0.05) is 12.6 Å². The normalized spacial score (nSPS) is 19.9. The highest BCUT2D eigenvalue weighted by molar-refractivity contribution is 5.31. The van der Waals surface area contributed by atoms with E-state index >= 15 is 0 Å². The maximum Gasteiger partial charge on any atom is 0.0576 e. The predicted molar refractivity (Wildman–Crippen MR) is 89.9 cm³/mol. The highest BCUT2D eigenvalue weighted by atomic mass is 16.5. The Labute approximate surface area is 130 Å². The maximum absolute atomic E-state index is 5.77. The zero-order chi connectivity index (χ0) is 15.1. The lowest BCUT2D eigenvalue weighted by Gasteiger charge is -2.21. The first-order chi connectivity index (χ1) is 10.2. The molecule has 1 aromatic rings. The summed E-state index contributed by atoms with van der Waals surface area (Å²) in [5.41, 5.74) is 4.28. The summed E-state index contributed by atoms with van der Waals surface area (Å²) in [5, 5.41) is 3.73. The molecule has 2 rings (SSSR count). The van der Waals surface area contributed by atoms with E-state index in [1.165, 1.54) is 48.8 Å². The van der Waals surface area contributed by atoms with Crippen molar-refractivity contribution in [1.29, 1.82) is 0 Å². The number of nitrogens with one attached hydrogen (secondary N) is 1. The van der Waals surface area contributed by atoms with Crippen molar-refractivity contribution in [2.45, 2.75) is 71.4 Å². The molecule has 1 heterocycles. The Morgan fingerprint density at radius 3 is 2.90 bits per heavy atom. The molecular formula is C19H31NO. The maximum atomic E-state index is 5.77. The van der Waals surface area contributed by atoms with Crippen LogP contribution in [-0.4, -0.2) is 25.3 Å². The summed E-state index contributed by atoms with van der Waals surface area (Å²) in [6.45, 7) is 8.73. The van der Waals surface area contributed by atoms with Crippen LogP contribution in [0.4, 0.5) is 0 Å². The van der Waals surface area contributed by atoms with Gasteiger partial charge in [-0.05, 0) is 70.0 Å². The molecule has 0 amide bonds. The van der Waals surface area contributed by atoms with Crippen LogP contribution in [0.3, 0.4) is 0 Å². The van der Waals surface area contributed by atoms with E-state index in [0.29, 0.717) is 12.1 Å². The minimum atomic E-state index is 0.509. The second-order valence-corrected chi connectivity index (χ2v) is 6.50. The molecule has 0 aliphatic carbocycles. The van der Waals surface area contributed by atoms with Crippen LogP contribution < -0.4 is 5.32 Å². The zero-order valence-electron chi connectivity index (χ0n) is 14.0. The van der Waals surface area contributed by atoms with Crippen LogP contribution in [0.1, 0.15) is 55.7 Å². The van der Waals surface area contributed by atoms with E-state index in [1.54, 1.807) is 0 Å². The number of benzene rings is 1. The van der Waals surface area contributed by atoms with Gasteiger partial charge in [0.1, 0.15) is 0 Å². The van der Waals surface area contributed by atoms with Crippen LogP contribution in [-0.2, 0) is 11.2 Å². The van der Waals surface area contributed by atoms with Crippen molar-refractivity contribution in [3.05, 3.63) is 34.9 Å². The third-order valence-corrected chi connectivity index (χ3v) is 4.52. The van der Waals surface area contributed by atoms with Gasteiger partial charge in [0.15, 0.2) is 0 Å². The fourth-order valence-corrected chi connectivity index (χ4v) is 3.17. The summed E-state index contributed by atoms with van der Waals surface area (Å²) in [7, 11) is 0. The van der Waals surface area contributed by atoms with Crippen LogP contribution >= 0.6 is 0 Å². The molecule has 0 saturated carbocycles. The summed E-state index contributed by atoms with van der Waals surface area (Å²) in [4.78, 5) is 0. The van der Waals surface area contributed by atoms with Gasteiger partial charge in [-0.15, -0.1) is 0 Å². The van der Waals surface area contributed by atoms with E-state index in [0.717, 1.165) is 19.6 Å². The third-order valence-electron chi connectivity index (χ3n) is 4.52. The molecular weight excluding hydrogens is 258 g/mol. The van der Waals surface area contributed by atoms with Crippen LogP contribution in [0.2, 0.25) is 0 Å². The minimum Gasteiger partial charge on any atom is -0.378 e. The van der Waals surface area contributed by atoms with Gasteiger partial charge in [0.25, 0.3) is 0 Å². The molecule has 2 nitrogen and oxygen atoms in total. The smallest absolute Gasteiger partial charge is 0.0576 e. The quantitative estimate of drug-likeness (QED) is 0.775. The number of hydrogen-bond acceptors (Lipinski definition) is 2. The molecule has 1 aromatic carbocycles. The Morgan fingerprint density at radius 1 is 1.33 bits per heavy atom. The number of hydrogen-bond donors (Lipinski definition) is 1. The first-order valence-electron chi connectivity index (χ1n) is 8.60. The minimum absolute atomic E-state index is 0.509. The molecule has 0 bridgehead atoms. The Kier molecular flexibility index (Phi) is 6.72. The van der Waals surface area contributed by atoms with Crippen molar-refractivity contribution >= 4 is 0 Å². The van der Waals surface area contributed by atoms with Crippen LogP contribution in [0.25, 0.3) is 0 Å². The van der Waals surface area contributed by atoms with E-state index < -0.39 is 0 Å². The molecule has 1 fully saturated rings. The monoisotopic (exact) mass is 289 g/mol. The molecule has 0 radical (unpaired) electrons. The molecule has 1 aliphatic rings. The van der Waals surface area contributed by atoms with Crippen LogP contribution in [0, 0.1) is 13.8 Å². The Balaban J connectivity index is 1.92. The van der Waals surface area contributed by atoms with Crippen molar-refractivity contribution in [3.8, 4) is 0 Å². The highest BCUT2D eigenvalue weighted by Gasteiger charge is 2.18. The van der Waals surface area contributed by atoms with Crippen molar-refractivity contribution in [3.63, 3.8) is 0 Å². The Bertz CT molecular complexity index is 424. The highest BCUT2D eigenvalue weighted by Crippen LogP contribution is 2.20. The molecule has 1 aliphatic heterocycles. The van der Waals surface area contributed by atoms with Crippen molar-refractivity contribution in [2.24, 2.45) is 0 Å². The first-order valence-corrected chi connectivity index (χ1v) is 8.60. The van der Waals surface area contributed by atoms with Gasteiger partial charge in [0.2, 0.25) is 0 Å². The lowest BCUT2D eigenvalue weighted by atomic mass is 9.95. The molecule has 118 valence electrons. The third kappa shape index (κ3) is 5.44. The number of rotatable bonds is 8. The molecule has 1 saturated heterocycles. The molecule has 21 heavy (non-hydrogen) atoms. The van der Waals surface area contributed by atoms with E-state index in [9.17, 15) is 0 Å². The van der Waals surface area contributed by atoms with Crippen LogP contribution in [0.5, 0.6) is 0 Å². The lowest BCUT2D eigenvalue weighted by molar-refractivity contribution is 0.0995. The lowest BCUT2D eigenvalue weighted by Crippen LogP contribution is -2.33. The number of ether oxygens (including phenoxy) is 1. The molecule has 0 aromatic heterocycles. The van der Waals surface area contributed by atoms with Gasteiger partial charge in [-0.25, -0.2) is 0 Å². The van der Waals surface area contributed by atoms with E-state index in [1.807, 2.05) is 0 Å². The van der Waals surface area contributed by atoms with E-state index in [4.69, 9.17) is 4.74 Å². The molecule has 2 atom stereocenters. The fourth-order valence-electron chi connectivity index (χ4n) is 3.17. The second kappa shape index (κ2) is 8.55. The Hall–Kier alpha value is -0.860. The van der Waals surface area contributed by atoms with Crippen molar-refractivity contribution in [1.82, 2.24) is 5.32 Å². The van der Waals surface area contributed by atoms with E-state index in [-0.39, 0.29) is 0 Å². The molecule has 2 heteroatoms. The summed E-state index contributed by atoms with van der Waals surface area (Å²) >= 11 is 0. The first kappa shape index (κ1) is 16.5. The van der Waals surface area contributed by atoms with Crippen molar-refractivity contribution < 1.29 is 4.74 Å². The zero-order valence-corrected chi connectivity index (χ0v) is 14.0. The van der Waals surface area contributed by atoms with Gasteiger partial charge < -0.3 is 10.1 Å². The summed E-state index contributed by atoms with van der Waals surface area (Å²) in [6, 6.07) is 7.39. The second-order valence-electron chi connectivity index (χ2n) is 6.50. The van der Waals surface area contributed by atoms with Gasteiger partial charge in [0.05, 0.1) is 6.10 Å². The number of aryl methyl sites for hydroxylation is 2. The summed E-state index contributed by atoms with van der Waals surface area (Å²) in [5.74, 6) is 0. The summed E-state index contributed by atoms with van der Waals surface area (Å²) < 4.78 is 5.77. The predicted octanol–water partition coefficient (Wildman–Crippen LogP) is 4.17. The van der Waals surface area contributed by atoms with Crippen LogP contribution in [0.15, 0.2) is 18.2 Å². The Morgan fingerprint density at radius 2 is 2.19 bits per heavy atom. The average Bonchev–Trinajstić information content (AvgIpc) is 2.99. The van der Waals surface area contributed by atoms with Gasteiger partial charge in [-0.3, -0.25) is 0 Å². The molecule has 0 spiro atoms. The molecule has 2 unspecified atom stereocenters. The topological polar surface area (TPSA) is 21.3 Å². The molecule has 1 N–H and O–H groups in total. The van der Waals surface area contributed by atoms with Crippen molar-refractivity contribution in [2.75, 3.05) is 13.2 Å². The van der Waals surface area contributed by atoms with Gasteiger partial charge in [-0.1, -0.05) is 30.7 Å². The SMILES string of the molecule is CCCNC(CCC1CCCO1)Cc1cc(C)ccc1C. The fraction of sp³-hybridized carbons (Fsp3) is 0.684. The standard InChI is InChI=1S/C19H31NO/c1-4-11-20-18(9-10-19-6-5-12-21-19)14-17-13-15(2)7-8-16(17)3/h7-8,13,18-20H,4-6,9-12,14H2,1-3H3.